The smallest absolute Gasteiger partial charge is 0.0212 e. The lowest BCUT2D eigenvalue weighted by molar-refractivity contribution is 0.590. The van der Waals surface area contributed by atoms with Crippen molar-refractivity contribution >= 4 is 22.6 Å². The van der Waals surface area contributed by atoms with Crippen LogP contribution in [0.2, 0.25) is 0 Å². The normalized spacial score (nSPS) is 13.0. The van der Waals surface area contributed by atoms with Gasteiger partial charge in [0.2, 0.25) is 0 Å². The zero-order valence-electron chi connectivity index (χ0n) is 12.8. The van der Waals surface area contributed by atoms with Gasteiger partial charge in [0.15, 0.2) is 0 Å². The van der Waals surface area contributed by atoms with E-state index in [0.717, 1.165) is 0 Å². The fourth-order valence-electron chi connectivity index (χ4n) is 2.43. The third-order valence-electron chi connectivity index (χ3n) is 3.64. The first-order valence-electron chi connectivity index (χ1n) is 6.84. The van der Waals surface area contributed by atoms with Crippen LogP contribution in [0.4, 0.5) is 0 Å². The largest absolute Gasteiger partial charge is 0.0579 e. The van der Waals surface area contributed by atoms with Gasteiger partial charge >= 0.3 is 0 Å². The maximum Gasteiger partial charge on any atom is 0.0212 e. The highest BCUT2D eigenvalue weighted by Crippen LogP contribution is 2.40. The summed E-state index contributed by atoms with van der Waals surface area (Å²) in [7, 11) is 0. The van der Waals surface area contributed by atoms with E-state index < -0.39 is 0 Å². The topological polar surface area (TPSA) is 0 Å². The molecule has 19 heavy (non-hydrogen) atoms. The molecule has 0 aromatic heterocycles. The van der Waals surface area contributed by atoms with Gasteiger partial charge in [0, 0.05) is 3.57 Å². The molecule has 0 unspecified atom stereocenters. The van der Waals surface area contributed by atoms with Crippen molar-refractivity contribution in [1.29, 1.82) is 0 Å². The number of hydrogen-bond donors (Lipinski definition) is 0. The molecule has 2 aliphatic rings. The van der Waals surface area contributed by atoms with E-state index in [-0.39, 0.29) is 10.8 Å². The van der Waals surface area contributed by atoms with E-state index in [1.54, 1.807) is 0 Å². The molecule has 0 saturated carbocycles. The zero-order chi connectivity index (χ0) is 14.4. The van der Waals surface area contributed by atoms with Gasteiger partial charge in [-0.1, -0.05) is 65.8 Å². The molecular weight excluding hydrogens is 343 g/mol. The van der Waals surface area contributed by atoms with Crippen molar-refractivity contribution in [3.63, 3.8) is 0 Å². The number of fused-ring (bicyclic) bond motifs is 1. The van der Waals surface area contributed by atoms with Gasteiger partial charge in [-0.3, -0.25) is 0 Å². The summed E-state index contributed by atoms with van der Waals surface area (Å²) in [5.74, 6) is 0. The minimum Gasteiger partial charge on any atom is -0.0579 e. The SMILES string of the molecule is CC(C)(C)c1ccc2c(I)cc(C(C)(C)C)c-2cc1. The van der Waals surface area contributed by atoms with Gasteiger partial charge in [-0.25, -0.2) is 0 Å². The third kappa shape index (κ3) is 2.96. The van der Waals surface area contributed by atoms with Crippen LogP contribution in [-0.2, 0) is 10.8 Å². The molecule has 2 aliphatic carbocycles. The molecule has 2 rings (SSSR count). The van der Waals surface area contributed by atoms with Crippen LogP contribution in [-0.4, -0.2) is 0 Å². The minimum absolute atomic E-state index is 0.192. The highest BCUT2D eigenvalue weighted by Gasteiger charge is 2.23. The average molecular weight is 366 g/mol. The van der Waals surface area contributed by atoms with E-state index in [9.17, 15) is 0 Å². The Balaban J connectivity index is 2.69. The summed E-state index contributed by atoms with van der Waals surface area (Å²) in [5.41, 5.74) is 6.00. The highest BCUT2D eigenvalue weighted by atomic mass is 127. The van der Waals surface area contributed by atoms with Crippen LogP contribution in [0.5, 0.6) is 0 Å². The molecule has 0 fully saturated rings. The van der Waals surface area contributed by atoms with Crippen molar-refractivity contribution in [2.75, 3.05) is 0 Å². The molecule has 0 saturated heterocycles. The van der Waals surface area contributed by atoms with Crippen molar-refractivity contribution in [3.05, 3.63) is 45.0 Å². The second kappa shape index (κ2) is 4.76. The molecule has 0 bridgehead atoms. The van der Waals surface area contributed by atoms with E-state index in [2.05, 4.69) is 94.5 Å². The molecule has 0 aromatic rings. The lowest BCUT2D eigenvalue weighted by Crippen LogP contribution is -2.10. The molecule has 1 heteroatoms. The van der Waals surface area contributed by atoms with Gasteiger partial charge in [0.25, 0.3) is 0 Å². The van der Waals surface area contributed by atoms with Crippen molar-refractivity contribution in [2.24, 2.45) is 0 Å². The summed E-state index contributed by atoms with van der Waals surface area (Å²) >= 11 is 2.45. The zero-order valence-corrected chi connectivity index (χ0v) is 14.9. The first kappa shape index (κ1) is 14.8. The predicted molar refractivity (Wildman–Crippen MR) is 93.2 cm³/mol. The Morgan fingerprint density at radius 1 is 0.737 bits per heavy atom. The fraction of sp³-hybridized carbons (Fsp3) is 0.444. The van der Waals surface area contributed by atoms with Gasteiger partial charge < -0.3 is 0 Å². The van der Waals surface area contributed by atoms with E-state index in [1.807, 2.05) is 0 Å². The van der Waals surface area contributed by atoms with Crippen LogP contribution < -0.4 is 0 Å². The Labute approximate surface area is 131 Å². The predicted octanol–water partition coefficient (Wildman–Crippen LogP) is 5.99. The molecule has 0 N–H and O–H groups in total. The maximum absolute atomic E-state index is 2.45. The third-order valence-corrected chi connectivity index (χ3v) is 4.53. The van der Waals surface area contributed by atoms with E-state index in [0.29, 0.717) is 0 Å². The minimum atomic E-state index is 0.192. The quantitative estimate of drug-likeness (QED) is 0.503. The fourth-order valence-corrected chi connectivity index (χ4v) is 3.21. The Morgan fingerprint density at radius 3 is 1.74 bits per heavy atom. The Hall–Kier alpha value is -0.570. The second-order valence-corrected chi connectivity index (χ2v) is 8.52. The van der Waals surface area contributed by atoms with Gasteiger partial charge in [0.1, 0.15) is 0 Å². The molecule has 0 radical (unpaired) electrons. The van der Waals surface area contributed by atoms with Crippen molar-refractivity contribution in [1.82, 2.24) is 0 Å². The Kier molecular flexibility index (Phi) is 3.72. The molecular formula is C18H23I. The summed E-state index contributed by atoms with van der Waals surface area (Å²) < 4.78 is 1.36. The molecule has 0 aliphatic heterocycles. The number of rotatable bonds is 0. The second-order valence-electron chi connectivity index (χ2n) is 7.36. The molecule has 0 atom stereocenters. The summed E-state index contributed by atoms with van der Waals surface area (Å²) in [4.78, 5) is 0. The standard InChI is InChI=1S/C18H23I/c1-17(2,3)12-7-9-13-14(10-8-12)16(19)11-15(13)18(4,5)6/h7-11H,1-6H3. The summed E-state index contributed by atoms with van der Waals surface area (Å²) in [6.45, 7) is 13.7. The Bertz CT molecular complexity index is 568. The molecule has 102 valence electrons. The van der Waals surface area contributed by atoms with Crippen molar-refractivity contribution in [3.8, 4) is 11.1 Å². The highest BCUT2D eigenvalue weighted by molar-refractivity contribution is 14.1. The molecule has 0 aromatic carbocycles. The maximum atomic E-state index is 2.45. The summed E-state index contributed by atoms with van der Waals surface area (Å²) in [6, 6.07) is 11.5. The van der Waals surface area contributed by atoms with Crippen LogP contribution in [0.25, 0.3) is 11.1 Å². The van der Waals surface area contributed by atoms with E-state index in [4.69, 9.17) is 0 Å². The number of hydrogen-bond acceptors (Lipinski definition) is 0. The van der Waals surface area contributed by atoms with Gasteiger partial charge in [-0.05, 0) is 61.7 Å². The van der Waals surface area contributed by atoms with Crippen molar-refractivity contribution in [2.45, 2.75) is 52.4 Å². The van der Waals surface area contributed by atoms with E-state index >= 15 is 0 Å². The first-order chi connectivity index (χ1) is 8.60. The first-order valence-corrected chi connectivity index (χ1v) is 7.92. The Morgan fingerprint density at radius 2 is 1.26 bits per heavy atom. The molecule has 0 heterocycles. The summed E-state index contributed by atoms with van der Waals surface area (Å²) in [5, 5.41) is 0. The van der Waals surface area contributed by atoms with Gasteiger partial charge in [0.05, 0.1) is 0 Å². The molecule has 0 spiro atoms. The van der Waals surface area contributed by atoms with Crippen LogP contribution in [0.1, 0.15) is 52.7 Å². The van der Waals surface area contributed by atoms with Crippen LogP contribution >= 0.6 is 22.6 Å². The number of halogens is 1. The molecule has 0 nitrogen and oxygen atoms in total. The lowest BCUT2D eigenvalue weighted by atomic mass is 9.85. The molecule has 0 amide bonds. The van der Waals surface area contributed by atoms with Crippen LogP contribution in [0.3, 0.4) is 0 Å². The van der Waals surface area contributed by atoms with Gasteiger partial charge in [-0.15, -0.1) is 0 Å². The van der Waals surface area contributed by atoms with E-state index in [1.165, 1.54) is 25.8 Å². The lowest BCUT2D eigenvalue weighted by Gasteiger charge is -2.19. The van der Waals surface area contributed by atoms with Crippen molar-refractivity contribution < 1.29 is 0 Å². The average Bonchev–Trinajstić information content (AvgIpc) is 2.45. The van der Waals surface area contributed by atoms with Gasteiger partial charge in [-0.2, -0.15) is 0 Å². The van der Waals surface area contributed by atoms with Crippen LogP contribution in [0, 0.1) is 3.57 Å². The monoisotopic (exact) mass is 366 g/mol. The summed E-state index contributed by atoms with van der Waals surface area (Å²) in [6.07, 6.45) is 0. The van der Waals surface area contributed by atoms with Crippen LogP contribution in [0.15, 0.2) is 30.3 Å².